The van der Waals surface area contributed by atoms with Gasteiger partial charge in [-0.2, -0.15) is 0 Å². The lowest BCUT2D eigenvalue weighted by Crippen LogP contribution is -2.10. The molecule has 2 aromatic rings. The molecule has 1 aromatic heterocycles. The summed E-state index contributed by atoms with van der Waals surface area (Å²) in [6.45, 7) is 0. The maximum Gasteiger partial charge on any atom is 0.336 e. The Morgan fingerprint density at radius 2 is 1.72 bits per heavy atom. The standard InChI is InChI=1S/C20H19NO3S/c22-19(12-17(13-3-4-13)14-5-6-14)24-16-9-7-15(8-10-16)21-20(23)18-2-1-11-25-18/h1-2,7-14H,3-6H2,(H,21,23). The number of carbonyl (C=O) groups is 2. The smallest absolute Gasteiger partial charge is 0.336 e. The Kier molecular flexibility index (Phi) is 4.40. The van der Waals surface area contributed by atoms with Crippen LogP contribution in [0.3, 0.4) is 0 Å². The molecule has 0 unspecified atom stereocenters. The molecular weight excluding hydrogens is 334 g/mol. The van der Waals surface area contributed by atoms with Gasteiger partial charge in [-0.25, -0.2) is 4.79 Å². The Hall–Kier alpha value is -2.40. The summed E-state index contributed by atoms with van der Waals surface area (Å²) in [6, 6.07) is 10.5. The van der Waals surface area contributed by atoms with Crippen LogP contribution in [0.25, 0.3) is 0 Å². The number of amides is 1. The highest BCUT2D eigenvalue weighted by Gasteiger charge is 2.36. The fourth-order valence-corrected chi connectivity index (χ4v) is 3.51. The Bertz CT molecular complexity index is 786. The molecule has 1 aromatic carbocycles. The van der Waals surface area contributed by atoms with E-state index in [0.717, 1.165) is 0 Å². The van der Waals surface area contributed by atoms with Crippen molar-refractivity contribution in [2.75, 3.05) is 5.32 Å². The molecule has 1 N–H and O–H groups in total. The first kappa shape index (κ1) is 16.1. The fourth-order valence-electron chi connectivity index (χ4n) is 2.89. The minimum atomic E-state index is -0.302. The van der Waals surface area contributed by atoms with Crippen molar-refractivity contribution in [1.82, 2.24) is 0 Å². The summed E-state index contributed by atoms with van der Waals surface area (Å²) < 4.78 is 5.41. The zero-order chi connectivity index (χ0) is 17.2. The lowest BCUT2D eigenvalue weighted by molar-refractivity contribution is -0.129. The zero-order valence-corrected chi connectivity index (χ0v) is 14.6. The Labute approximate surface area is 150 Å². The molecule has 2 fully saturated rings. The van der Waals surface area contributed by atoms with Crippen molar-refractivity contribution in [1.29, 1.82) is 0 Å². The lowest BCUT2D eigenvalue weighted by Gasteiger charge is -2.07. The van der Waals surface area contributed by atoms with Crippen molar-refractivity contribution in [2.24, 2.45) is 11.8 Å². The lowest BCUT2D eigenvalue weighted by atomic mass is 10.1. The molecule has 1 heterocycles. The SMILES string of the molecule is O=C(C=C(C1CC1)C1CC1)Oc1ccc(NC(=O)c2cccs2)cc1. The molecular formula is C20H19NO3S. The number of ether oxygens (including phenoxy) is 1. The average Bonchev–Trinajstić information content (AvgIpc) is 3.54. The Morgan fingerprint density at radius 1 is 1.04 bits per heavy atom. The highest BCUT2D eigenvalue weighted by Crippen LogP contribution is 2.48. The molecule has 0 spiro atoms. The molecule has 2 saturated carbocycles. The summed E-state index contributed by atoms with van der Waals surface area (Å²) in [5.74, 6) is 1.26. The first-order valence-electron chi connectivity index (χ1n) is 8.57. The number of esters is 1. The summed E-state index contributed by atoms with van der Waals surface area (Å²) in [5.41, 5.74) is 1.95. The third-order valence-electron chi connectivity index (χ3n) is 4.46. The van der Waals surface area contributed by atoms with E-state index in [1.807, 2.05) is 11.4 Å². The van der Waals surface area contributed by atoms with Crippen LogP contribution in [-0.4, -0.2) is 11.9 Å². The number of anilines is 1. The molecule has 2 aliphatic rings. The van der Waals surface area contributed by atoms with Crippen molar-refractivity contribution in [2.45, 2.75) is 25.7 Å². The second-order valence-electron chi connectivity index (χ2n) is 6.57. The van der Waals surface area contributed by atoms with Gasteiger partial charge in [0, 0.05) is 11.8 Å². The Morgan fingerprint density at radius 3 is 2.28 bits per heavy atom. The van der Waals surface area contributed by atoms with Gasteiger partial charge in [0.1, 0.15) is 5.75 Å². The second-order valence-corrected chi connectivity index (χ2v) is 7.52. The molecule has 0 bridgehead atoms. The van der Waals surface area contributed by atoms with Crippen LogP contribution in [0.15, 0.2) is 53.4 Å². The summed E-state index contributed by atoms with van der Waals surface area (Å²) in [4.78, 5) is 24.8. The predicted molar refractivity (Wildman–Crippen MR) is 97.9 cm³/mol. The van der Waals surface area contributed by atoms with Crippen LogP contribution in [0.2, 0.25) is 0 Å². The van der Waals surface area contributed by atoms with E-state index in [-0.39, 0.29) is 11.9 Å². The van der Waals surface area contributed by atoms with Crippen molar-refractivity contribution < 1.29 is 14.3 Å². The van der Waals surface area contributed by atoms with E-state index in [1.54, 1.807) is 36.4 Å². The minimum absolute atomic E-state index is 0.138. The third kappa shape index (κ3) is 4.17. The van der Waals surface area contributed by atoms with Gasteiger partial charge in [-0.05, 0) is 73.2 Å². The van der Waals surface area contributed by atoms with E-state index < -0.39 is 0 Å². The van der Waals surface area contributed by atoms with Crippen LogP contribution in [-0.2, 0) is 4.79 Å². The Balaban J connectivity index is 1.36. The largest absolute Gasteiger partial charge is 0.423 e. The monoisotopic (exact) mass is 353 g/mol. The van der Waals surface area contributed by atoms with Crippen molar-refractivity contribution in [3.05, 3.63) is 58.3 Å². The number of allylic oxidation sites excluding steroid dienone is 1. The number of thiophene rings is 1. The predicted octanol–water partition coefficient (Wildman–Crippen LogP) is 4.65. The average molecular weight is 353 g/mol. The minimum Gasteiger partial charge on any atom is -0.423 e. The molecule has 4 rings (SSSR count). The summed E-state index contributed by atoms with van der Waals surface area (Å²) in [6.07, 6.45) is 6.51. The van der Waals surface area contributed by atoms with E-state index in [2.05, 4.69) is 5.32 Å². The highest BCUT2D eigenvalue weighted by atomic mass is 32.1. The third-order valence-corrected chi connectivity index (χ3v) is 5.33. The van der Waals surface area contributed by atoms with Crippen LogP contribution in [0.5, 0.6) is 5.75 Å². The van der Waals surface area contributed by atoms with Crippen LogP contribution >= 0.6 is 11.3 Å². The number of rotatable bonds is 6. The quantitative estimate of drug-likeness (QED) is 0.467. The van der Waals surface area contributed by atoms with Crippen molar-refractivity contribution >= 4 is 28.9 Å². The van der Waals surface area contributed by atoms with Crippen LogP contribution in [0.4, 0.5) is 5.69 Å². The van der Waals surface area contributed by atoms with Crippen molar-refractivity contribution in [3.8, 4) is 5.75 Å². The number of nitrogens with one attached hydrogen (secondary N) is 1. The van der Waals surface area contributed by atoms with Gasteiger partial charge in [0.15, 0.2) is 0 Å². The normalized spacial score (nSPS) is 16.2. The number of hydrogen-bond donors (Lipinski definition) is 1. The van der Waals surface area contributed by atoms with E-state index in [0.29, 0.717) is 28.1 Å². The molecule has 0 aliphatic heterocycles. The highest BCUT2D eigenvalue weighted by molar-refractivity contribution is 7.12. The van der Waals surface area contributed by atoms with Gasteiger partial charge in [0.25, 0.3) is 5.91 Å². The summed E-state index contributed by atoms with van der Waals surface area (Å²) in [5, 5.41) is 4.69. The molecule has 4 nitrogen and oxygen atoms in total. The molecule has 2 aliphatic carbocycles. The van der Waals surface area contributed by atoms with Gasteiger partial charge in [0.05, 0.1) is 4.88 Å². The van der Waals surface area contributed by atoms with Crippen LogP contribution < -0.4 is 10.1 Å². The van der Waals surface area contributed by atoms with Gasteiger partial charge in [-0.3, -0.25) is 4.79 Å². The van der Waals surface area contributed by atoms with E-state index >= 15 is 0 Å². The molecule has 0 atom stereocenters. The molecule has 0 saturated heterocycles. The topological polar surface area (TPSA) is 55.4 Å². The molecule has 0 radical (unpaired) electrons. The molecule has 25 heavy (non-hydrogen) atoms. The van der Waals surface area contributed by atoms with Gasteiger partial charge in [-0.15, -0.1) is 11.3 Å². The molecule has 5 heteroatoms. The van der Waals surface area contributed by atoms with Crippen LogP contribution in [0, 0.1) is 11.8 Å². The van der Waals surface area contributed by atoms with Crippen LogP contribution in [0.1, 0.15) is 35.4 Å². The van der Waals surface area contributed by atoms with E-state index in [4.69, 9.17) is 4.74 Å². The first-order chi connectivity index (χ1) is 12.2. The maximum absolute atomic E-state index is 12.1. The van der Waals surface area contributed by atoms with Crippen molar-refractivity contribution in [3.63, 3.8) is 0 Å². The van der Waals surface area contributed by atoms with Gasteiger partial charge >= 0.3 is 5.97 Å². The number of carbonyl (C=O) groups excluding carboxylic acids is 2. The maximum atomic E-state index is 12.1. The van der Waals surface area contributed by atoms with Gasteiger partial charge < -0.3 is 10.1 Å². The first-order valence-corrected chi connectivity index (χ1v) is 9.45. The number of benzene rings is 1. The second kappa shape index (κ2) is 6.84. The summed E-state index contributed by atoms with van der Waals surface area (Å²) in [7, 11) is 0. The van der Waals surface area contributed by atoms with Gasteiger partial charge in [-0.1, -0.05) is 11.6 Å². The summed E-state index contributed by atoms with van der Waals surface area (Å²) >= 11 is 1.39. The molecule has 1 amide bonds. The van der Waals surface area contributed by atoms with E-state index in [9.17, 15) is 9.59 Å². The number of hydrogen-bond acceptors (Lipinski definition) is 4. The van der Waals surface area contributed by atoms with Gasteiger partial charge in [0.2, 0.25) is 0 Å². The fraction of sp³-hybridized carbons (Fsp3) is 0.300. The van der Waals surface area contributed by atoms with E-state index in [1.165, 1.54) is 42.6 Å². The zero-order valence-electron chi connectivity index (χ0n) is 13.7. The molecule has 128 valence electrons.